The van der Waals surface area contributed by atoms with E-state index >= 15 is 0 Å². The number of esters is 1. The first-order valence-electron chi connectivity index (χ1n) is 13.9. The van der Waals surface area contributed by atoms with E-state index in [1.165, 1.54) is 7.11 Å². The zero-order chi connectivity index (χ0) is 29.0. The molecule has 2 atom stereocenters. The summed E-state index contributed by atoms with van der Waals surface area (Å²) in [5.74, 6) is 0.927. The Bertz CT molecular complexity index is 1440. The zero-order valence-corrected chi connectivity index (χ0v) is 23.8. The van der Waals surface area contributed by atoms with Gasteiger partial charge < -0.3 is 19.5 Å². The highest BCUT2D eigenvalue weighted by molar-refractivity contribution is 5.76. The van der Waals surface area contributed by atoms with E-state index in [9.17, 15) is 9.59 Å². The Morgan fingerprint density at radius 3 is 2.27 bits per heavy atom. The van der Waals surface area contributed by atoms with Crippen molar-refractivity contribution in [2.75, 3.05) is 20.3 Å². The summed E-state index contributed by atoms with van der Waals surface area (Å²) in [6.45, 7) is 5.43. The third-order valence-electron chi connectivity index (χ3n) is 6.75. The number of ether oxygens (including phenoxy) is 3. The van der Waals surface area contributed by atoms with Gasteiger partial charge in [0.1, 0.15) is 18.2 Å². The molecule has 3 aromatic carbocycles. The molecule has 0 bridgehead atoms. The average Bonchev–Trinajstić information content (AvgIpc) is 3.02. The molecule has 8 nitrogen and oxygen atoms in total. The first kappa shape index (κ1) is 29.7. The van der Waals surface area contributed by atoms with Crippen LogP contribution < -0.4 is 15.6 Å². The highest BCUT2D eigenvalue weighted by atomic mass is 16.6. The minimum absolute atomic E-state index is 0.105. The van der Waals surface area contributed by atoms with Gasteiger partial charge in [-0.25, -0.2) is 9.78 Å². The highest BCUT2D eigenvalue weighted by Gasteiger charge is 2.31. The number of methoxy groups -OCH3 is 1. The number of aryl methyl sites for hydroxylation is 1. The molecule has 8 heteroatoms. The number of benzene rings is 3. The van der Waals surface area contributed by atoms with Crippen LogP contribution in [0.1, 0.15) is 36.8 Å². The predicted octanol–water partition coefficient (Wildman–Crippen LogP) is 4.96. The Morgan fingerprint density at radius 1 is 0.951 bits per heavy atom. The smallest absolute Gasteiger partial charge is 0.336 e. The molecular weight excluding hydrogens is 518 g/mol. The topological polar surface area (TPSA) is 91.7 Å². The van der Waals surface area contributed by atoms with Gasteiger partial charge in [0, 0.05) is 31.2 Å². The average molecular weight is 556 g/mol. The van der Waals surface area contributed by atoms with Gasteiger partial charge >= 0.3 is 5.97 Å². The second-order valence-electron chi connectivity index (χ2n) is 9.43. The van der Waals surface area contributed by atoms with Crippen molar-refractivity contribution in [2.24, 2.45) is 0 Å². The number of hydrogen-bond donors (Lipinski definition) is 1. The Balaban J connectivity index is 1.45. The zero-order valence-electron chi connectivity index (χ0n) is 23.8. The standard InChI is InChI=1S/C33H37N3O5/c1-4-29-35-28(25-14-10-7-11-15-25)22-30(37)36(29)20-21-41-27-18-16-26(17-19-27)31(32(40-5-2)33(38)39-3)34-23-24-12-8-6-9-13-24/h6-19,22,31-32,34H,4-5,20-21,23H2,1-3H3. The second-order valence-corrected chi connectivity index (χ2v) is 9.43. The third kappa shape index (κ3) is 7.90. The third-order valence-corrected chi connectivity index (χ3v) is 6.75. The molecule has 214 valence electrons. The molecule has 0 saturated carbocycles. The Morgan fingerprint density at radius 2 is 1.63 bits per heavy atom. The van der Waals surface area contributed by atoms with Gasteiger partial charge in [0.2, 0.25) is 0 Å². The summed E-state index contributed by atoms with van der Waals surface area (Å²) >= 11 is 0. The van der Waals surface area contributed by atoms with E-state index in [1.54, 1.807) is 10.6 Å². The molecule has 0 aliphatic heterocycles. The minimum atomic E-state index is -0.814. The maximum absolute atomic E-state index is 12.9. The van der Waals surface area contributed by atoms with E-state index in [2.05, 4.69) is 5.32 Å². The molecule has 4 rings (SSSR count). The summed E-state index contributed by atoms with van der Waals surface area (Å²) in [5, 5.41) is 3.46. The first-order valence-corrected chi connectivity index (χ1v) is 13.9. The highest BCUT2D eigenvalue weighted by Crippen LogP contribution is 2.24. The van der Waals surface area contributed by atoms with E-state index in [0.29, 0.717) is 50.0 Å². The summed E-state index contributed by atoms with van der Waals surface area (Å²) in [5.41, 5.74) is 3.44. The summed E-state index contributed by atoms with van der Waals surface area (Å²) in [4.78, 5) is 30.3. The molecule has 0 saturated heterocycles. The maximum Gasteiger partial charge on any atom is 0.336 e. The lowest BCUT2D eigenvalue weighted by Gasteiger charge is -2.27. The molecule has 0 aliphatic carbocycles. The predicted molar refractivity (Wildman–Crippen MR) is 159 cm³/mol. The molecule has 1 N–H and O–H groups in total. The summed E-state index contributed by atoms with van der Waals surface area (Å²) in [6, 6.07) is 28.3. The van der Waals surface area contributed by atoms with Crippen LogP contribution in [0.5, 0.6) is 5.75 Å². The number of nitrogens with zero attached hydrogens (tertiary/aromatic N) is 2. The van der Waals surface area contributed by atoms with E-state index < -0.39 is 18.1 Å². The van der Waals surface area contributed by atoms with Crippen molar-refractivity contribution >= 4 is 5.97 Å². The van der Waals surface area contributed by atoms with Crippen molar-refractivity contribution in [1.29, 1.82) is 0 Å². The van der Waals surface area contributed by atoms with E-state index in [4.69, 9.17) is 19.2 Å². The monoisotopic (exact) mass is 555 g/mol. The lowest BCUT2D eigenvalue weighted by atomic mass is 10.00. The van der Waals surface area contributed by atoms with Crippen LogP contribution in [0, 0.1) is 0 Å². The maximum atomic E-state index is 12.9. The van der Waals surface area contributed by atoms with E-state index in [0.717, 1.165) is 16.7 Å². The molecular formula is C33H37N3O5. The molecule has 0 aliphatic rings. The van der Waals surface area contributed by atoms with Gasteiger partial charge in [-0.3, -0.25) is 9.36 Å². The Hall–Kier alpha value is -4.27. The normalized spacial score (nSPS) is 12.5. The largest absolute Gasteiger partial charge is 0.492 e. The second kappa shape index (κ2) is 14.9. The van der Waals surface area contributed by atoms with Gasteiger partial charge in [0.05, 0.1) is 25.4 Å². The molecule has 1 aromatic heterocycles. The number of carbonyl (C=O) groups is 1. The fourth-order valence-electron chi connectivity index (χ4n) is 4.67. The van der Waals surface area contributed by atoms with Crippen LogP contribution in [0.4, 0.5) is 0 Å². The van der Waals surface area contributed by atoms with Crippen LogP contribution in [0.2, 0.25) is 0 Å². The van der Waals surface area contributed by atoms with Crippen LogP contribution in [0.25, 0.3) is 11.3 Å². The summed E-state index contributed by atoms with van der Waals surface area (Å²) in [7, 11) is 1.36. The van der Waals surface area contributed by atoms with Gasteiger partial charge in [-0.15, -0.1) is 0 Å². The molecule has 0 radical (unpaired) electrons. The van der Waals surface area contributed by atoms with Gasteiger partial charge in [-0.1, -0.05) is 79.7 Å². The lowest BCUT2D eigenvalue weighted by molar-refractivity contribution is -0.156. The fraction of sp³-hybridized carbons (Fsp3) is 0.303. The van der Waals surface area contributed by atoms with Crippen LogP contribution >= 0.6 is 0 Å². The molecule has 1 heterocycles. The van der Waals surface area contributed by atoms with E-state index in [-0.39, 0.29) is 5.56 Å². The van der Waals surface area contributed by atoms with Crippen LogP contribution in [0.15, 0.2) is 95.8 Å². The molecule has 4 aromatic rings. The summed E-state index contributed by atoms with van der Waals surface area (Å²) < 4.78 is 18.5. The van der Waals surface area contributed by atoms with Crippen molar-refractivity contribution < 1.29 is 19.0 Å². The van der Waals surface area contributed by atoms with Gasteiger partial charge in [0.15, 0.2) is 6.10 Å². The Kier molecular flexibility index (Phi) is 10.8. The van der Waals surface area contributed by atoms with E-state index in [1.807, 2.05) is 98.8 Å². The molecule has 0 amide bonds. The SMILES string of the molecule is CCOC(C(=O)OC)C(NCc1ccccc1)c1ccc(OCCn2c(CC)nc(-c3ccccc3)cc2=O)cc1. The summed E-state index contributed by atoms with van der Waals surface area (Å²) in [6.07, 6.45) is -0.186. The lowest BCUT2D eigenvalue weighted by Crippen LogP contribution is -2.40. The first-order chi connectivity index (χ1) is 20.0. The number of hydrogen-bond acceptors (Lipinski definition) is 7. The van der Waals surface area contributed by atoms with Crippen molar-refractivity contribution in [3.05, 3.63) is 118 Å². The molecule has 0 fully saturated rings. The van der Waals surface area contributed by atoms with Crippen molar-refractivity contribution in [2.45, 2.75) is 45.5 Å². The van der Waals surface area contributed by atoms with Crippen molar-refractivity contribution in [3.63, 3.8) is 0 Å². The van der Waals surface area contributed by atoms with Gasteiger partial charge in [-0.2, -0.15) is 0 Å². The van der Waals surface area contributed by atoms with Gasteiger partial charge in [0.25, 0.3) is 5.56 Å². The van der Waals surface area contributed by atoms with Crippen molar-refractivity contribution in [1.82, 2.24) is 14.9 Å². The fourth-order valence-corrected chi connectivity index (χ4v) is 4.67. The minimum Gasteiger partial charge on any atom is -0.492 e. The van der Waals surface area contributed by atoms with Gasteiger partial charge in [-0.05, 0) is 30.2 Å². The molecule has 41 heavy (non-hydrogen) atoms. The van der Waals surface area contributed by atoms with Crippen LogP contribution in [0.3, 0.4) is 0 Å². The van der Waals surface area contributed by atoms with Crippen molar-refractivity contribution in [3.8, 4) is 17.0 Å². The molecule has 0 spiro atoms. The quantitative estimate of drug-likeness (QED) is 0.220. The molecule has 2 unspecified atom stereocenters. The number of aromatic nitrogens is 2. The Labute approximate surface area is 240 Å². The van der Waals surface area contributed by atoms with Crippen LogP contribution in [-0.4, -0.2) is 41.9 Å². The number of nitrogens with one attached hydrogen (secondary N) is 1. The van der Waals surface area contributed by atoms with Crippen LogP contribution in [-0.2, 0) is 33.8 Å². The number of carbonyl (C=O) groups excluding carboxylic acids is 1. The number of rotatable bonds is 14.